The fourth-order valence-electron chi connectivity index (χ4n) is 4.50. The molecule has 27 heavy (non-hydrogen) atoms. The third-order valence-corrected chi connectivity index (χ3v) is 10.4. The number of hydrogen-bond donors (Lipinski definition) is 0. The lowest BCUT2D eigenvalue weighted by atomic mass is 9.90. The minimum atomic E-state index is -2.19. The molecule has 0 radical (unpaired) electrons. The largest absolute Gasteiger partial charge is 0.172 e. The summed E-state index contributed by atoms with van der Waals surface area (Å²) in [7, 11) is -2.19. The van der Waals surface area contributed by atoms with Gasteiger partial charge in [-0.05, 0) is 34.3 Å². The molecule has 4 rings (SSSR count). The van der Waals surface area contributed by atoms with Gasteiger partial charge in [0, 0.05) is 0 Å². The molecule has 3 aromatic rings. The highest BCUT2D eigenvalue weighted by Crippen LogP contribution is 2.25. The minimum absolute atomic E-state index is 0.738. The highest BCUT2D eigenvalue weighted by atomic mass is 28.3. The zero-order valence-corrected chi connectivity index (χ0v) is 16.9. The molecule has 1 fully saturated rings. The van der Waals surface area contributed by atoms with E-state index in [4.69, 9.17) is 0 Å². The molecule has 0 amide bonds. The van der Waals surface area contributed by atoms with Crippen LogP contribution in [0.4, 0.5) is 0 Å². The van der Waals surface area contributed by atoms with Crippen molar-refractivity contribution in [3.8, 4) is 0 Å². The Morgan fingerprint density at radius 3 is 1.37 bits per heavy atom. The van der Waals surface area contributed by atoms with E-state index >= 15 is 0 Å². The summed E-state index contributed by atoms with van der Waals surface area (Å²) in [5.74, 6) is 0.738. The van der Waals surface area contributed by atoms with Crippen molar-refractivity contribution in [3.05, 3.63) is 103 Å². The van der Waals surface area contributed by atoms with Crippen molar-refractivity contribution in [2.24, 2.45) is 5.92 Å². The molecule has 1 saturated carbocycles. The first-order chi connectivity index (χ1) is 13.4. The van der Waals surface area contributed by atoms with Crippen molar-refractivity contribution in [1.82, 2.24) is 0 Å². The Kier molecular flexibility index (Phi) is 5.69. The molecular weight excluding hydrogens is 340 g/mol. The van der Waals surface area contributed by atoms with Gasteiger partial charge in [-0.15, -0.1) is 0 Å². The van der Waals surface area contributed by atoms with E-state index in [0.717, 1.165) is 5.92 Å². The van der Waals surface area contributed by atoms with Crippen LogP contribution in [0.15, 0.2) is 103 Å². The Morgan fingerprint density at radius 2 is 0.963 bits per heavy atom. The summed E-state index contributed by atoms with van der Waals surface area (Å²) < 4.78 is 0. The van der Waals surface area contributed by atoms with Crippen LogP contribution in [0.1, 0.15) is 32.1 Å². The van der Waals surface area contributed by atoms with Crippen LogP contribution in [0.3, 0.4) is 0 Å². The molecule has 1 aliphatic rings. The van der Waals surface area contributed by atoms with Gasteiger partial charge in [-0.25, -0.2) is 0 Å². The summed E-state index contributed by atoms with van der Waals surface area (Å²) in [6, 6.07) is 33.5. The number of hydrogen-bond acceptors (Lipinski definition) is 0. The van der Waals surface area contributed by atoms with Crippen molar-refractivity contribution in [1.29, 1.82) is 0 Å². The molecule has 1 aliphatic carbocycles. The van der Waals surface area contributed by atoms with Crippen LogP contribution in [0.2, 0.25) is 0 Å². The van der Waals surface area contributed by atoms with Gasteiger partial charge in [0.25, 0.3) is 0 Å². The molecule has 0 heterocycles. The first-order valence-corrected chi connectivity index (χ1v) is 12.3. The first-order valence-electron chi connectivity index (χ1n) is 10.3. The van der Waals surface area contributed by atoms with Gasteiger partial charge in [0.2, 0.25) is 0 Å². The first kappa shape index (κ1) is 18.0. The van der Waals surface area contributed by atoms with Gasteiger partial charge in [-0.1, -0.05) is 122 Å². The lowest BCUT2D eigenvalue weighted by Crippen LogP contribution is -2.66. The molecule has 0 N–H and O–H groups in total. The van der Waals surface area contributed by atoms with Crippen molar-refractivity contribution >= 4 is 23.6 Å². The molecule has 3 aromatic carbocycles. The molecule has 136 valence electrons. The van der Waals surface area contributed by atoms with E-state index in [1.165, 1.54) is 47.7 Å². The van der Waals surface area contributed by atoms with Crippen LogP contribution < -0.4 is 15.6 Å². The van der Waals surface area contributed by atoms with Crippen molar-refractivity contribution < 1.29 is 0 Å². The van der Waals surface area contributed by atoms with E-state index in [1.807, 2.05) is 0 Å². The van der Waals surface area contributed by atoms with Gasteiger partial charge < -0.3 is 0 Å². The van der Waals surface area contributed by atoms with Crippen molar-refractivity contribution in [2.75, 3.05) is 0 Å². The third kappa shape index (κ3) is 3.84. The maximum Gasteiger partial charge on any atom is 0.172 e. The molecule has 0 atom stereocenters. The third-order valence-electron chi connectivity index (χ3n) is 5.96. The van der Waals surface area contributed by atoms with Crippen LogP contribution >= 0.6 is 0 Å². The van der Waals surface area contributed by atoms with Gasteiger partial charge >= 0.3 is 0 Å². The van der Waals surface area contributed by atoms with Crippen LogP contribution in [-0.4, -0.2) is 8.07 Å². The van der Waals surface area contributed by atoms with E-state index in [2.05, 4.69) is 103 Å². The average Bonchev–Trinajstić information content (AvgIpc) is 2.77. The SMILES string of the molecule is C(=C/[Si](c1ccccc1)(c1ccccc1)c1ccccc1)/C1CCCCC1. The highest BCUT2D eigenvalue weighted by Gasteiger charge is 2.36. The number of benzene rings is 3. The Balaban J connectivity index is 1.90. The van der Waals surface area contributed by atoms with Gasteiger partial charge in [0.1, 0.15) is 0 Å². The maximum absolute atomic E-state index is 2.63. The Labute approximate surface area is 164 Å². The maximum atomic E-state index is 2.63. The summed E-state index contributed by atoms with van der Waals surface area (Å²) >= 11 is 0. The summed E-state index contributed by atoms with van der Waals surface area (Å²) in [4.78, 5) is 0. The smallest absolute Gasteiger partial charge is 0.0883 e. The van der Waals surface area contributed by atoms with Crippen molar-refractivity contribution in [2.45, 2.75) is 32.1 Å². The number of allylic oxidation sites excluding steroid dienone is 1. The molecule has 0 saturated heterocycles. The Bertz CT molecular complexity index is 750. The second-order valence-electron chi connectivity index (χ2n) is 7.66. The molecule has 1 heteroatoms. The van der Waals surface area contributed by atoms with Gasteiger partial charge in [-0.3, -0.25) is 0 Å². The van der Waals surface area contributed by atoms with E-state index in [0.29, 0.717) is 0 Å². The highest BCUT2D eigenvalue weighted by molar-refractivity contribution is 7.14. The van der Waals surface area contributed by atoms with Gasteiger partial charge in [0.15, 0.2) is 8.07 Å². The minimum Gasteiger partial charge on any atom is -0.0883 e. The van der Waals surface area contributed by atoms with E-state index in [9.17, 15) is 0 Å². The van der Waals surface area contributed by atoms with E-state index in [-0.39, 0.29) is 0 Å². The topological polar surface area (TPSA) is 0 Å². The molecule has 0 nitrogen and oxygen atoms in total. The zero-order valence-electron chi connectivity index (χ0n) is 15.9. The predicted molar refractivity (Wildman–Crippen MR) is 120 cm³/mol. The molecular formula is C26H28Si. The molecule has 0 aliphatic heterocycles. The second kappa shape index (κ2) is 8.54. The lowest BCUT2D eigenvalue weighted by Gasteiger charge is -2.31. The van der Waals surface area contributed by atoms with Gasteiger partial charge in [-0.2, -0.15) is 0 Å². The molecule has 0 bridgehead atoms. The van der Waals surface area contributed by atoms with Crippen LogP contribution in [-0.2, 0) is 0 Å². The summed E-state index contributed by atoms with van der Waals surface area (Å²) in [6.07, 6.45) is 9.43. The summed E-state index contributed by atoms with van der Waals surface area (Å²) in [5, 5.41) is 4.40. The fourth-order valence-corrected chi connectivity index (χ4v) is 8.79. The van der Waals surface area contributed by atoms with Gasteiger partial charge in [0.05, 0.1) is 0 Å². The summed E-state index contributed by atoms with van der Waals surface area (Å²) in [6.45, 7) is 0. The lowest BCUT2D eigenvalue weighted by molar-refractivity contribution is 0.419. The van der Waals surface area contributed by atoms with Crippen LogP contribution in [0, 0.1) is 5.92 Å². The predicted octanol–water partition coefficient (Wildman–Crippen LogP) is 4.83. The zero-order chi connectivity index (χ0) is 18.4. The molecule has 0 aromatic heterocycles. The molecule has 0 unspecified atom stereocenters. The Morgan fingerprint density at radius 1 is 0.556 bits per heavy atom. The van der Waals surface area contributed by atoms with Crippen molar-refractivity contribution in [3.63, 3.8) is 0 Å². The Hall–Kier alpha value is -2.38. The average molecular weight is 369 g/mol. The number of rotatable bonds is 5. The monoisotopic (exact) mass is 368 g/mol. The second-order valence-corrected chi connectivity index (χ2v) is 11.3. The van der Waals surface area contributed by atoms with Crippen LogP contribution in [0.5, 0.6) is 0 Å². The van der Waals surface area contributed by atoms with Crippen LogP contribution in [0.25, 0.3) is 0 Å². The fraction of sp³-hybridized carbons (Fsp3) is 0.231. The quantitative estimate of drug-likeness (QED) is 0.447. The normalized spacial score (nSPS) is 15.9. The standard InChI is InChI=1S/C26H28Si/c1-5-13-23(14-6-1)21-22-27(24-15-7-2-8-16-24,25-17-9-3-10-18-25)26-19-11-4-12-20-26/h2-4,7-12,15-23H,1,5-6,13-14H2/b22-21-. The van der Waals surface area contributed by atoms with E-state index in [1.54, 1.807) is 0 Å². The van der Waals surface area contributed by atoms with E-state index < -0.39 is 8.07 Å². The summed E-state index contributed by atoms with van der Waals surface area (Å²) in [5.41, 5.74) is 2.63. The molecule has 0 spiro atoms.